The molecule has 0 bridgehead atoms. The minimum Gasteiger partial charge on any atom is -0.479 e. The number of fused-ring (bicyclic) bond motifs is 1. The van der Waals surface area contributed by atoms with Crippen LogP contribution in [0, 0.1) is 0 Å². The molecule has 1 heterocycles. The summed E-state index contributed by atoms with van der Waals surface area (Å²) in [5, 5.41) is 14.6. The van der Waals surface area contributed by atoms with E-state index in [9.17, 15) is 9.90 Å². The van der Waals surface area contributed by atoms with Crippen molar-refractivity contribution in [1.29, 1.82) is 0 Å². The van der Waals surface area contributed by atoms with Crippen molar-refractivity contribution in [2.75, 3.05) is 7.11 Å². The van der Waals surface area contributed by atoms with Crippen molar-refractivity contribution in [2.24, 2.45) is 0 Å². The van der Waals surface area contributed by atoms with E-state index in [0.29, 0.717) is 10.7 Å². The maximum atomic E-state index is 11.4. The number of aliphatic carboxylic acids is 1. The summed E-state index contributed by atoms with van der Waals surface area (Å²) in [6.07, 6.45) is 2.82. The Bertz CT molecular complexity index is 694. The average molecular weight is 321 g/mol. The van der Waals surface area contributed by atoms with Crippen LogP contribution in [0.4, 0.5) is 0 Å². The zero-order chi connectivity index (χ0) is 15.7. The lowest BCUT2D eigenvalue weighted by molar-refractivity contribution is -0.149. The Morgan fingerprint density at radius 2 is 2.00 bits per heavy atom. The first-order chi connectivity index (χ1) is 10.6. The Labute approximate surface area is 133 Å². The quantitative estimate of drug-likeness (QED) is 0.939. The molecule has 3 rings (SSSR count). The molecule has 2 aromatic rings. The number of halogens is 1. The average Bonchev–Trinajstić information content (AvgIpc) is 2.88. The van der Waals surface area contributed by atoms with Crippen LogP contribution in [0.5, 0.6) is 0 Å². The molecule has 0 saturated carbocycles. The van der Waals surface area contributed by atoms with E-state index >= 15 is 0 Å². The second-order valence-corrected chi connectivity index (χ2v) is 5.80. The summed E-state index contributed by atoms with van der Waals surface area (Å²) in [4.78, 5) is 11.4. The molecule has 1 atom stereocenters. The Hall–Kier alpha value is -1.85. The molecule has 1 N–H and O–H groups in total. The van der Waals surface area contributed by atoms with E-state index in [1.165, 1.54) is 7.11 Å². The Morgan fingerprint density at radius 1 is 1.32 bits per heavy atom. The number of carboxylic acids is 1. The highest BCUT2D eigenvalue weighted by molar-refractivity contribution is 6.30. The predicted molar refractivity (Wildman–Crippen MR) is 82.6 cm³/mol. The monoisotopic (exact) mass is 320 g/mol. The highest BCUT2D eigenvalue weighted by Gasteiger charge is 2.30. The van der Waals surface area contributed by atoms with E-state index < -0.39 is 12.1 Å². The molecule has 116 valence electrons. The van der Waals surface area contributed by atoms with Crippen molar-refractivity contribution >= 4 is 17.6 Å². The molecule has 22 heavy (non-hydrogen) atoms. The second kappa shape index (κ2) is 6.10. The van der Waals surface area contributed by atoms with Crippen LogP contribution in [-0.2, 0) is 22.4 Å². The summed E-state index contributed by atoms with van der Waals surface area (Å²) in [5.74, 6) is -1.02. The number of aromatic nitrogens is 2. The van der Waals surface area contributed by atoms with Crippen LogP contribution >= 0.6 is 11.6 Å². The number of methoxy groups -OCH3 is 1. The largest absolute Gasteiger partial charge is 0.479 e. The lowest BCUT2D eigenvalue weighted by atomic mass is 9.94. The summed E-state index contributed by atoms with van der Waals surface area (Å²) in [6, 6.07) is 7.38. The van der Waals surface area contributed by atoms with Crippen molar-refractivity contribution in [2.45, 2.75) is 31.8 Å². The van der Waals surface area contributed by atoms with Crippen LogP contribution in [0.2, 0.25) is 5.02 Å². The molecule has 1 aromatic heterocycles. The fourth-order valence-corrected chi connectivity index (χ4v) is 3.09. The summed E-state index contributed by atoms with van der Waals surface area (Å²) >= 11 is 5.93. The highest BCUT2D eigenvalue weighted by atomic mass is 35.5. The van der Waals surface area contributed by atoms with Gasteiger partial charge in [-0.05, 0) is 49.9 Å². The molecule has 0 saturated heterocycles. The SMILES string of the molecule is COC(C(=O)O)c1nn(-c2ccc(Cl)cc2)c2c1CCCC2. The number of hydrogen-bond donors (Lipinski definition) is 1. The molecule has 0 aliphatic heterocycles. The summed E-state index contributed by atoms with van der Waals surface area (Å²) in [6.45, 7) is 0. The summed E-state index contributed by atoms with van der Waals surface area (Å²) in [5.41, 5.74) is 3.48. The molecule has 5 nitrogen and oxygen atoms in total. The first-order valence-electron chi connectivity index (χ1n) is 7.24. The molecular weight excluding hydrogens is 304 g/mol. The van der Waals surface area contributed by atoms with Gasteiger partial charge in [0.1, 0.15) is 5.69 Å². The Morgan fingerprint density at radius 3 is 2.64 bits per heavy atom. The van der Waals surface area contributed by atoms with Gasteiger partial charge >= 0.3 is 5.97 Å². The number of ether oxygens (including phenoxy) is 1. The molecule has 1 aromatic carbocycles. The van der Waals surface area contributed by atoms with E-state index in [-0.39, 0.29) is 0 Å². The molecule has 1 unspecified atom stereocenters. The van der Waals surface area contributed by atoms with Gasteiger partial charge in [0, 0.05) is 23.4 Å². The smallest absolute Gasteiger partial charge is 0.339 e. The van der Waals surface area contributed by atoms with Crippen LogP contribution in [0.1, 0.15) is 35.9 Å². The van der Waals surface area contributed by atoms with E-state index in [0.717, 1.165) is 42.6 Å². The molecule has 1 aliphatic rings. The third-order valence-corrected chi connectivity index (χ3v) is 4.24. The number of carboxylic acid groups (broad SMARTS) is 1. The van der Waals surface area contributed by atoms with E-state index in [2.05, 4.69) is 5.10 Å². The molecule has 0 radical (unpaired) electrons. The van der Waals surface area contributed by atoms with Gasteiger partial charge in [-0.25, -0.2) is 9.48 Å². The maximum absolute atomic E-state index is 11.4. The van der Waals surface area contributed by atoms with Gasteiger partial charge in [0.2, 0.25) is 0 Å². The van der Waals surface area contributed by atoms with Crippen molar-refractivity contribution in [1.82, 2.24) is 9.78 Å². The third-order valence-electron chi connectivity index (χ3n) is 3.99. The number of rotatable bonds is 4. The van der Waals surface area contributed by atoms with Crippen LogP contribution in [0.25, 0.3) is 5.69 Å². The normalized spacial score (nSPS) is 15.4. The first kappa shape index (κ1) is 15.1. The molecular formula is C16H17ClN2O3. The maximum Gasteiger partial charge on any atom is 0.339 e. The van der Waals surface area contributed by atoms with Crippen molar-refractivity contribution in [3.63, 3.8) is 0 Å². The summed E-state index contributed by atoms with van der Waals surface area (Å²) < 4.78 is 6.96. The van der Waals surface area contributed by atoms with Gasteiger partial charge in [-0.1, -0.05) is 11.6 Å². The fourth-order valence-electron chi connectivity index (χ4n) is 2.96. The van der Waals surface area contributed by atoms with Crippen molar-refractivity contribution < 1.29 is 14.6 Å². The van der Waals surface area contributed by atoms with E-state index in [1.54, 1.807) is 12.1 Å². The van der Waals surface area contributed by atoms with Gasteiger partial charge in [0.05, 0.1) is 5.69 Å². The number of carbonyl (C=O) groups is 1. The van der Waals surface area contributed by atoms with Gasteiger partial charge < -0.3 is 9.84 Å². The van der Waals surface area contributed by atoms with Gasteiger partial charge in [-0.3, -0.25) is 0 Å². The van der Waals surface area contributed by atoms with Crippen LogP contribution in [0.3, 0.4) is 0 Å². The standard InChI is InChI=1S/C16H17ClN2O3/c1-22-15(16(20)21)14-12-4-2-3-5-13(12)19(18-14)11-8-6-10(17)7-9-11/h6-9,15H,2-5H2,1H3,(H,20,21). The van der Waals surface area contributed by atoms with Crippen molar-refractivity contribution in [3.05, 3.63) is 46.2 Å². The van der Waals surface area contributed by atoms with Gasteiger partial charge in [0.15, 0.2) is 6.10 Å². The van der Waals surface area contributed by atoms with Crippen LogP contribution in [0.15, 0.2) is 24.3 Å². The first-order valence-corrected chi connectivity index (χ1v) is 7.62. The second-order valence-electron chi connectivity index (χ2n) is 5.36. The molecule has 0 fully saturated rings. The van der Waals surface area contributed by atoms with Crippen LogP contribution < -0.4 is 0 Å². The van der Waals surface area contributed by atoms with E-state index in [4.69, 9.17) is 16.3 Å². The topological polar surface area (TPSA) is 64.3 Å². The van der Waals surface area contributed by atoms with E-state index in [1.807, 2.05) is 16.8 Å². The lowest BCUT2D eigenvalue weighted by Crippen LogP contribution is -2.16. The molecule has 0 amide bonds. The molecule has 1 aliphatic carbocycles. The fraction of sp³-hybridized carbons (Fsp3) is 0.375. The van der Waals surface area contributed by atoms with Crippen LogP contribution in [-0.4, -0.2) is 28.0 Å². The minimum absolute atomic E-state index is 0.514. The van der Waals surface area contributed by atoms with Gasteiger partial charge in [-0.2, -0.15) is 5.10 Å². The Kier molecular flexibility index (Phi) is 4.18. The van der Waals surface area contributed by atoms with Gasteiger partial charge in [0.25, 0.3) is 0 Å². The van der Waals surface area contributed by atoms with Crippen molar-refractivity contribution in [3.8, 4) is 5.69 Å². The predicted octanol–water partition coefficient (Wildman–Crippen LogP) is 3.18. The minimum atomic E-state index is -1.03. The zero-order valence-corrected chi connectivity index (χ0v) is 13.0. The number of benzene rings is 1. The Balaban J connectivity index is 2.13. The van der Waals surface area contributed by atoms with Gasteiger partial charge in [-0.15, -0.1) is 0 Å². The number of hydrogen-bond acceptors (Lipinski definition) is 3. The lowest BCUT2D eigenvalue weighted by Gasteiger charge is -2.15. The molecule has 6 heteroatoms. The number of nitrogens with zero attached hydrogens (tertiary/aromatic N) is 2. The summed E-state index contributed by atoms with van der Waals surface area (Å²) in [7, 11) is 1.40. The zero-order valence-electron chi connectivity index (χ0n) is 12.3. The third kappa shape index (κ3) is 2.62. The highest BCUT2D eigenvalue weighted by Crippen LogP contribution is 2.31. The molecule has 0 spiro atoms.